The lowest BCUT2D eigenvalue weighted by Crippen LogP contribution is -2.26. The Morgan fingerprint density at radius 2 is 2.09 bits per heavy atom. The van der Waals surface area contributed by atoms with Gasteiger partial charge < -0.3 is 25.7 Å². The molecule has 1 aliphatic heterocycles. The second-order valence-corrected chi connectivity index (χ2v) is 7.88. The minimum absolute atomic E-state index is 0.0152. The third-order valence-corrected chi connectivity index (χ3v) is 5.67. The first kappa shape index (κ1) is 19.7. The van der Waals surface area contributed by atoms with Crippen LogP contribution in [0, 0.1) is 0 Å². The largest absolute Gasteiger partial charge is 0.482 e. The maximum Gasteiger partial charge on any atom is 0.272 e. The molecule has 4 heterocycles. The Kier molecular flexibility index (Phi) is 5.00. The van der Waals surface area contributed by atoms with E-state index >= 15 is 0 Å². The highest BCUT2D eigenvalue weighted by atomic mass is 32.1. The van der Waals surface area contributed by atoms with E-state index < -0.39 is 5.91 Å². The lowest BCUT2D eigenvalue weighted by Gasteiger charge is -2.18. The molecule has 1 aromatic carbocycles. The van der Waals surface area contributed by atoms with Crippen LogP contribution in [0.1, 0.15) is 25.7 Å². The molecule has 0 saturated carbocycles. The van der Waals surface area contributed by atoms with E-state index in [1.165, 1.54) is 17.7 Å². The molecule has 160 valence electrons. The standard InChI is InChI=1S/C21H16N6O4S/c28-16-9-31-14-4-3-11(6-12(14)26-16)7-23-21(30)19-18-17(24-10-25-19)13(8-22-18)27-20(29)15-2-1-5-32-15/h1-6,8,10,22H,7,9H2,(H,23,30)(H,26,28)(H,27,29). The van der Waals surface area contributed by atoms with Crippen molar-refractivity contribution in [2.45, 2.75) is 6.54 Å². The summed E-state index contributed by atoms with van der Waals surface area (Å²) in [6.07, 6.45) is 2.85. The number of aromatic amines is 1. The monoisotopic (exact) mass is 448 g/mol. The van der Waals surface area contributed by atoms with Gasteiger partial charge in [0.1, 0.15) is 17.6 Å². The van der Waals surface area contributed by atoms with Gasteiger partial charge in [-0.2, -0.15) is 0 Å². The number of hydrogen-bond acceptors (Lipinski definition) is 7. The number of hydrogen-bond donors (Lipinski definition) is 4. The predicted octanol–water partition coefficient (Wildman–Crippen LogP) is 2.53. The summed E-state index contributed by atoms with van der Waals surface area (Å²) in [7, 11) is 0. The maximum atomic E-state index is 12.8. The normalized spacial score (nSPS) is 12.6. The highest BCUT2D eigenvalue weighted by molar-refractivity contribution is 7.12. The number of carbonyl (C=O) groups excluding carboxylic acids is 3. The zero-order valence-electron chi connectivity index (χ0n) is 16.5. The first-order valence-corrected chi connectivity index (χ1v) is 10.5. The van der Waals surface area contributed by atoms with Gasteiger partial charge >= 0.3 is 0 Å². The van der Waals surface area contributed by atoms with Crippen LogP contribution in [0.25, 0.3) is 11.0 Å². The molecule has 0 fully saturated rings. The fourth-order valence-electron chi connectivity index (χ4n) is 3.30. The molecule has 0 radical (unpaired) electrons. The van der Waals surface area contributed by atoms with E-state index in [2.05, 4.69) is 30.9 Å². The van der Waals surface area contributed by atoms with Crippen molar-refractivity contribution in [3.63, 3.8) is 0 Å². The van der Waals surface area contributed by atoms with Crippen molar-refractivity contribution < 1.29 is 19.1 Å². The number of ether oxygens (including phenoxy) is 1. The van der Waals surface area contributed by atoms with Gasteiger partial charge in [-0.25, -0.2) is 9.97 Å². The molecule has 3 aromatic heterocycles. The summed E-state index contributed by atoms with van der Waals surface area (Å²) in [5.41, 5.74) is 2.80. The van der Waals surface area contributed by atoms with E-state index in [0.717, 1.165) is 5.56 Å². The molecule has 1 aliphatic rings. The van der Waals surface area contributed by atoms with Gasteiger partial charge in [-0.3, -0.25) is 14.4 Å². The average Bonchev–Trinajstić information content (AvgIpc) is 3.48. The zero-order valence-corrected chi connectivity index (χ0v) is 17.3. The molecule has 3 amide bonds. The first-order chi connectivity index (χ1) is 15.6. The van der Waals surface area contributed by atoms with E-state index in [9.17, 15) is 14.4 Å². The van der Waals surface area contributed by atoms with E-state index in [1.807, 2.05) is 5.38 Å². The Bertz CT molecular complexity index is 1350. The van der Waals surface area contributed by atoms with Gasteiger partial charge in [-0.1, -0.05) is 12.1 Å². The van der Waals surface area contributed by atoms with Gasteiger partial charge in [0, 0.05) is 12.7 Å². The zero-order chi connectivity index (χ0) is 22.1. The molecule has 4 aromatic rings. The molecular weight excluding hydrogens is 432 g/mol. The van der Waals surface area contributed by atoms with E-state index in [-0.39, 0.29) is 30.7 Å². The molecule has 0 saturated heterocycles. The molecule has 0 unspecified atom stereocenters. The highest BCUT2D eigenvalue weighted by Gasteiger charge is 2.19. The molecule has 0 spiro atoms. The quantitative estimate of drug-likeness (QED) is 0.370. The van der Waals surface area contributed by atoms with E-state index in [0.29, 0.717) is 33.0 Å². The van der Waals surface area contributed by atoms with Gasteiger partial charge in [0.15, 0.2) is 12.3 Å². The van der Waals surface area contributed by atoms with Crippen LogP contribution in [0.15, 0.2) is 48.2 Å². The molecule has 4 N–H and O–H groups in total. The molecule has 0 bridgehead atoms. The molecule has 0 aliphatic carbocycles. The number of fused-ring (bicyclic) bond motifs is 2. The van der Waals surface area contributed by atoms with E-state index in [1.54, 1.807) is 36.5 Å². The number of anilines is 2. The molecule has 32 heavy (non-hydrogen) atoms. The Balaban J connectivity index is 1.32. The molecular formula is C21H16N6O4S. The van der Waals surface area contributed by atoms with Crippen LogP contribution in [-0.2, 0) is 11.3 Å². The number of aromatic nitrogens is 3. The summed E-state index contributed by atoms with van der Waals surface area (Å²) >= 11 is 1.33. The van der Waals surface area contributed by atoms with Crippen LogP contribution < -0.4 is 20.7 Å². The van der Waals surface area contributed by atoms with Gasteiger partial charge in [0.25, 0.3) is 17.7 Å². The van der Waals surface area contributed by atoms with Gasteiger partial charge in [-0.15, -0.1) is 11.3 Å². The van der Waals surface area contributed by atoms with Gasteiger partial charge in [0.05, 0.1) is 21.8 Å². The Morgan fingerprint density at radius 1 is 1.19 bits per heavy atom. The predicted molar refractivity (Wildman–Crippen MR) is 118 cm³/mol. The number of carbonyl (C=O) groups is 3. The second kappa shape index (κ2) is 8.12. The maximum absolute atomic E-state index is 12.8. The third kappa shape index (κ3) is 3.76. The van der Waals surface area contributed by atoms with Gasteiger partial charge in [0.2, 0.25) is 0 Å². The van der Waals surface area contributed by atoms with Crippen LogP contribution in [0.4, 0.5) is 11.4 Å². The number of amides is 3. The summed E-state index contributed by atoms with van der Waals surface area (Å²) < 4.78 is 5.34. The van der Waals surface area contributed by atoms with Crippen molar-refractivity contribution in [3.05, 3.63) is 64.4 Å². The van der Waals surface area contributed by atoms with Crippen molar-refractivity contribution >= 4 is 51.5 Å². The number of thiophene rings is 1. The summed E-state index contributed by atoms with van der Waals surface area (Å²) in [4.78, 5) is 48.5. The lowest BCUT2D eigenvalue weighted by molar-refractivity contribution is -0.118. The third-order valence-electron chi connectivity index (χ3n) is 4.80. The van der Waals surface area contributed by atoms with Crippen LogP contribution in [0.5, 0.6) is 5.75 Å². The van der Waals surface area contributed by atoms with Crippen molar-refractivity contribution in [1.29, 1.82) is 0 Å². The molecule has 10 nitrogen and oxygen atoms in total. The Hall–Kier alpha value is -4.25. The molecule has 0 atom stereocenters. The number of benzene rings is 1. The fraction of sp³-hybridized carbons (Fsp3) is 0.0952. The van der Waals surface area contributed by atoms with Gasteiger partial charge in [-0.05, 0) is 29.1 Å². The minimum atomic E-state index is -0.409. The van der Waals surface area contributed by atoms with Crippen molar-refractivity contribution in [1.82, 2.24) is 20.3 Å². The summed E-state index contributed by atoms with van der Waals surface area (Å²) in [6, 6.07) is 8.81. The first-order valence-electron chi connectivity index (χ1n) is 9.59. The topological polar surface area (TPSA) is 138 Å². The van der Waals surface area contributed by atoms with Crippen LogP contribution in [-0.4, -0.2) is 39.3 Å². The number of nitrogens with one attached hydrogen (secondary N) is 4. The number of nitrogens with zero attached hydrogens (tertiary/aromatic N) is 2. The highest BCUT2D eigenvalue weighted by Crippen LogP contribution is 2.28. The second-order valence-electron chi connectivity index (χ2n) is 6.93. The lowest BCUT2D eigenvalue weighted by atomic mass is 10.1. The fourth-order valence-corrected chi connectivity index (χ4v) is 3.92. The molecule has 11 heteroatoms. The van der Waals surface area contributed by atoms with Crippen LogP contribution in [0.2, 0.25) is 0 Å². The Morgan fingerprint density at radius 3 is 2.94 bits per heavy atom. The minimum Gasteiger partial charge on any atom is -0.482 e. The van der Waals surface area contributed by atoms with Crippen molar-refractivity contribution in [2.75, 3.05) is 17.2 Å². The van der Waals surface area contributed by atoms with E-state index in [4.69, 9.17) is 4.74 Å². The Labute approximate surface area is 185 Å². The smallest absolute Gasteiger partial charge is 0.272 e. The van der Waals surface area contributed by atoms with Crippen LogP contribution in [0.3, 0.4) is 0 Å². The SMILES string of the molecule is O=C1COc2ccc(CNC(=O)c3ncnc4c(NC(=O)c5cccs5)c[nH]c34)cc2N1. The number of H-pyrrole nitrogens is 1. The summed E-state index contributed by atoms with van der Waals surface area (Å²) in [5, 5.41) is 10.2. The van der Waals surface area contributed by atoms with Crippen molar-refractivity contribution in [3.8, 4) is 5.75 Å². The average molecular weight is 448 g/mol. The number of rotatable bonds is 5. The summed E-state index contributed by atoms with van der Waals surface area (Å²) in [6.45, 7) is 0.203. The van der Waals surface area contributed by atoms with Crippen molar-refractivity contribution in [2.24, 2.45) is 0 Å². The summed E-state index contributed by atoms with van der Waals surface area (Å²) in [5.74, 6) is -0.307. The molecule has 5 rings (SSSR count). The van der Waals surface area contributed by atoms with Crippen LogP contribution >= 0.6 is 11.3 Å².